The molecule has 0 radical (unpaired) electrons. The monoisotopic (exact) mass is 163 g/mol. The predicted octanol–water partition coefficient (Wildman–Crippen LogP) is 2.36. The first-order valence-corrected chi connectivity index (χ1v) is 4.68. The fourth-order valence-electron chi connectivity index (χ4n) is 1.85. The van der Waals surface area contributed by atoms with Crippen molar-refractivity contribution in [1.29, 1.82) is 0 Å². The second-order valence-corrected chi connectivity index (χ2v) is 4.20. The van der Waals surface area contributed by atoms with E-state index in [1.807, 2.05) is 0 Å². The highest BCUT2D eigenvalue weighted by Gasteiger charge is 2.33. The number of likely N-dealkylation sites (N-methyl/N-ethyl adjacent to an activating group) is 1. The molecule has 0 amide bonds. The molecule has 2 rings (SSSR count). The number of hydrogen-bond acceptors (Lipinski definition) is 1. The van der Waals surface area contributed by atoms with Gasteiger partial charge in [-0.3, -0.25) is 4.90 Å². The lowest BCUT2D eigenvalue weighted by Crippen LogP contribution is -1.98. The van der Waals surface area contributed by atoms with Gasteiger partial charge in [0.1, 0.15) is 0 Å². The molecular formula is C11H17N. The van der Waals surface area contributed by atoms with Crippen LogP contribution in [0.3, 0.4) is 0 Å². The SMILES string of the molecule is CC1=C(/C(C)=C(/C)C2CN2C)C1. The molecule has 2 unspecified atom stereocenters. The van der Waals surface area contributed by atoms with Crippen molar-refractivity contribution in [1.82, 2.24) is 4.90 Å². The van der Waals surface area contributed by atoms with Gasteiger partial charge in [-0.1, -0.05) is 11.1 Å². The molecule has 12 heavy (non-hydrogen) atoms. The van der Waals surface area contributed by atoms with Crippen molar-refractivity contribution in [3.8, 4) is 0 Å². The smallest absolute Gasteiger partial charge is 0.0435 e. The van der Waals surface area contributed by atoms with Gasteiger partial charge in [0, 0.05) is 12.6 Å². The summed E-state index contributed by atoms with van der Waals surface area (Å²) in [5, 5.41) is 0. The van der Waals surface area contributed by atoms with Gasteiger partial charge in [0.2, 0.25) is 0 Å². The fraction of sp³-hybridized carbons (Fsp3) is 0.636. The molecular weight excluding hydrogens is 146 g/mol. The summed E-state index contributed by atoms with van der Waals surface area (Å²) in [6, 6.07) is 0.755. The zero-order chi connectivity index (χ0) is 8.88. The lowest BCUT2D eigenvalue weighted by molar-refractivity contribution is 0.646. The minimum absolute atomic E-state index is 0.755. The maximum atomic E-state index is 2.39. The van der Waals surface area contributed by atoms with Gasteiger partial charge in [0.15, 0.2) is 0 Å². The van der Waals surface area contributed by atoms with Gasteiger partial charge in [-0.25, -0.2) is 0 Å². The van der Waals surface area contributed by atoms with E-state index in [0.29, 0.717) is 0 Å². The van der Waals surface area contributed by atoms with E-state index >= 15 is 0 Å². The fourth-order valence-corrected chi connectivity index (χ4v) is 1.85. The molecule has 0 aromatic carbocycles. The Balaban J connectivity index is 2.14. The number of nitrogens with zero attached hydrogens (tertiary/aromatic N) is 1. The van der Waals surface area contributed by atoms with Crippen LogP contribution in [0.25, 0.3) is 0 Å². The van der Waals surface area contributed by atoms with E-state index in [9.17, 15) is 0 Å². The third kappa shape index (κ3) is 1.22. The van der Waals surface area contributed by atoms with Crippen LogP contribution in [-0.4, -0.2) is 24.5 Å². The van der Waals surface area contributed by atoms with Crippen molar-refractivity contribution < 1.29 is 0 Å². The number of rotatable bonds is 2. The normalized spacial score (nSPS) is 35.0. The lowest BCUT2D eigenvalue weighted by Gasteiger charge is -2.02. The van der Waals surface area contributed by atoms with E-state index < -0.39 is 0 Å². The largest absolute Gasteiger partial charge is 0.297 e. The molecule has 1 saturated heterocycles. The molecule has 1 heterocycles. The molecule has 0 aromatic rings. The molecule has 1 nitrogen and oxygen atoms in total. The molecule has 0 bridgehead atoms. The van der Waals surface area contributed by atoms with Gasteiger partial charge < -0.3 is 0 Å². The number of allylic oxidation sites excluding steroid dienone is 3. The van der Waals surface area contributed by atoms with Gasteiger partial charge in [0.25, 0.3) is 0 Å². The molecule has 66 valence electrons. The first-order chi connectivity index (χ1) is 5.61. The Morgan fingerprint density at radius 3 is 2.25 bits per heavy atom. The molecule has 0 saturated carbocycles. The second-order valence-electron chi connectivity index (χ2n) is 4.20. The van der Waals surface area contributed by atoms with Crippen LogP contribution in [0, 0.1) is 0 Å². The lowest BCUT2D eigenvalue weighted by atomic mass is 10.1. The van der Waals surface area contributed by atoms with Crippen LogP contribution in [0.1, 0.15) is 27.2 Å². The second kappa shape index (κ2) is 2.46. The van der Waals surface area contributed by atoms with Crippen LogP contribution in [0.2, 0.25) is 0 Å². The molecule has 2 atom stereocenters. The van der Waals surface area contributed by atoms with E-state index in [-0.39, 0.29) is 0 Å². The highest BCUT2D eigenvalue weighted by atomic mass is 15.3. The van der Waals surface area contributed by atoms with Crippen LogP contribution in [-0.2, 0) is 0 Å². The van der Waals surface area contributed by atoms with E-state index in [4.69, 9.17) is 0 Å². The van der Waals surface area contributed by atoms with E-state index in [1.54, 1.807) is 22.3 Å². The Morgan fingerprint density at radius 2 is 1.92 bits per heavy atom. The van der Waals surface area contributed by atoms with Gasteiger partial charge in [-0.05, 0) is 45.4 Å². The van der Waals surface area contributed by atoms with E-state index in [0.717, 1.165) is 6.04 Å². The topological polar surface area (TPSA) is 3.01 Å². The summed E-state index contributed by atoms with van der Waals surface area (Å²) >= 11 is 0. The Hall–Kier alpha value is -0.560. The molecule has 1 aliphatic heterocycles. The van der Waals surface area contributed by atoms with Crippen LogP contribution in [0.15, 0.2) is 22.3 Å². The van der Waals surface area contributed by atoms with Crippen molar-refractivity contribution >= 4 is 0 Å². The van der Waals surface area contributed by atoms with Crippen LogP contribution >= 0.6 is 0 Å². The van der Waals surface area contributed by atoms with Crippen molar-refractivity contribution in [2.75, 3.05) is 13.6 Å². The summed E-state index contributed by atoms with van der Waals surface area (Å²) in [7, 11) is 2.19. The first-order valence-electron chi connectivity index (χ1n) is 4.68. The summed E-state index contributed by atoms with van der Waals surface area (Å²) < 4.78 is 0. The summed E-state index contributed by atoms with van der Waals surface area (Å²) in [5.74, 6) is 0. The van der Waals surface area contributed by atoms with Crippen LogP contribution < -0.4 is 0 Å². The van der Waals surface area contributed by atoms with Gasteiger partial charge in [-0.2, -0.15) is 0 Å². The average Bonchev–Trinajstić information content (AvgIpc) is 2.88. The maximum Gasteiger partial charge on any atom is 0.0435 e. The molecule has 0 aromatic heterocycles. The Bertz CT molecular complexity index is 283. The minimum atomic E-state index is 0.755. The average molecular weight is 163 g/mol. The standard InChI is InChI=1S/C11H17N/c1-7-5-10(7)8(2)9(3)11-6-12(11)4/h11H,5-6H2,1-4H3/b9-8-. The minimum Gasteiger partial charge on any atom is -0.297 e. The Kier molecular flexibility index (Phi) is 1.65. The van der Waals surface area contributed by atoms with Crippen molar-refractivity contribution in [2.24, 2.45) is 0 Å². The van der Waals surface area contributed by atoms with Gasteiger partial charge in [-0.15, -0.1) is 0 Å². The van der Waals surface area contributed by atoms with Crippen LogP contribution in [0.4, 0.5) is 0 Å². The van der Waals surface area contributed by atoms with Crippen LogP contribution in [0.5, 0.6) is 0 Å². The van der Waals surface area contributed by atoms with E-state index in [2.05, 4.69) is 32.7 Å². The summed E-state index contributed by atoms with van der Waals surface area (Å²) in [6.45, 7) is 8.05. The highest BCUT2D eigenvalue weighted by Crippen LogP contribution is 2.39. The van der Waals surface area contributed by atoms with Gasteiger partial charge >= 0.3 is 0 Å². The third-order valence-electron chi connectivity index (χ3n) is 3.24. The maximum absolute atomic E-state index is 2.39. The predicted molar refractivity (Wildman–Crippen MR) is 52.1 cm³/mol. The van der Waals surface area contributed by atoms with Crippen molar-refractivity contribution in [2.45, 2.75) is 33.2 Å². The summed E-state index contributed by atoms with van der Waals surface area (Å²) in [4.78, 5) is 2.39. The quantitative estimate of drug-likeness (QED) is 0.565. The zero-order valence-corrected chi connectivity index (χ0v) is 8.44. The zero-order valence-electron chi connectivity index (χ0n) is 8.44. The Labute approximate surface area is 74.8 Å². The first kappa shape index (κ1) is 8.06. The molecule has 1 fully saturated rings. The highest BCUT2D eigenvalue weighted by molar-refractivity contribution is 5.51. The van der Waals surface area contributed by atoms with E-state index in [1.165, 1.54) is 13.0 Å². The summed E-state index contributed by atoms with van der Waals surface area (Å²) in [6.07, 6.45) is 1.26. The molecule has 1 aliphatic carbocycles. The summed E-state index contributed by atoms with van der Waals surface area (Å²) in [5.41, 5.74) is 6.36. The van der Waals surface area contributed by atoms with Gasteiger partial charge in [0.05, 0.1) is 0 Å². The Morgan fingerprint density at radius 1 is 1.42 bits per heavy atom. The van der Waals surface area contributed by atoms with Crippen molar-refractivity contribution in [3.63, 3.8) is 0 Å². The molecule has 2 aliphatic rings. The molecule has 0 N–H and O–H groups in total. The molecule has 0 spiro atoms. The molecule has 1 heteroatoms. The van der Waals surface area contributed by atoms with Crippen molar-refractivity contribution in [3.05, 3.63) is 22.3 Å². The number of hydrogen-bond donors (Lipinski definition) is 0. The third-order valence-corrected chi connectivity index (χ3v) is 3.24.